The molecule has 86 valence electrons. The lowest BCUT2D eigenvalue weighted by molar-refractivity contribution is 0.0882. The number of ether oxygens (including phenoxy) is 1. The topological polar surface area (TPSA) is 61.3 Å². The molecule has 3 atom stereocenters. The molecule has 0 fully saturated rings. The third kappa shape index (κ3) is 7.30. The van der Waals surface area contributed by atoms with Crippen molar-refractivity contribution in [2.24, 2.45) is 17.4 Å². The van der Waals surface area contributed by atoms with Crippen LogP contribution in [0.1, 0.15) is 40.0 Å². The molecule has 0 aromatic rings. The molecule has 0 bridgehead atoms. The summed E-state index contributed by atoms with van der Waals surface area (Å²) in [6.45, 7) is 7.81. The third-order valence-electron chi connectivity index (χ3n) is 2.49. The Hall–Kier alpha value is -0.120. The fourth-order valence-electron chi connectivity index (χ4n) is 1.29. The zero-order valence-corrected chi connectivity index (χ0v) is 9.83. The van der Waals surface area contributed by atoms with Gasteiger partial charge in [-0.1, -0.05) is 20.8 Å². The van der Waals surface area contributed by atoms with Crippen LogP contribution in [0.15, 0.2) is 0 Å². The highest BCUT2D eigenvalue weighted by Crippen LogP contribution is 2.07. The Kier molecular flexibility index (Phi) is 8.14. The molecular formula is C11H26N2O. The minimum atomic E-state index is 0.182. The van der Waals surface area contributed by atoms with E-state index in [9.17, 15) is 0 Å². The normalized spacial score (nSPS) is 17.8. The summed E-state index contributed by atoms with van der Waals surface area (Å²) in [4.78, 5) is 0. The highest BCUT2D eigenvalue weighted by molar-refractivity contribution is 4.64. The number of hydrogen-bond acceptors (Lipinski definition) is 3. The summed E-state index contributed by atoms with van der Waals surface area (Å²) < 4.78 is 5.51. The highest BCUT2D eigenvalue weighted by Gasteiger charge is 2.08. The maximum Gasteiger partial charge on any atom is 0.0617 e. The van der Waals surface area contributed by atoms with Gasteiger partial charge >= 0.3 is 0 Å². The molecule has 0 spiro atoms. The Bertz CT molecular complexity index is 130. The van der Waals surface area contributed by atoms with Crippen LogP contribution in [0.25, 0.3) is 0 Å². The van der Waals surface area contributed by atoms with E-state index < -0.39 is 0 Å². The molecule has 0 rings (SSSR count). The zero-order valence-electron chi connectivity index (χ0n) is 9.83. The van der Waals surface area contributed by atoms with Crippen molar-refractivity contribution in [3.8, 4) is 0 Å². The van der Waals surface area contributed by atoms with Crippen molar-refractivity contribution in [3.05, 3.63) is 0 Å². The van der Waals surface area contributed by atoms with E-state index >= 15 is 0 Å². The van der Waals surface area contributed by atoms with E-state index in [-0.39, 0.29) is 6.04 Å². The van der Waals surface area contributed by atoms with Crippen LogP contribution in [-0.4, -0.2) is 25.3 Å². The Balaban J connectivity index is 3.39. The number of hydrogen-bond donors (Lipinski definition) is 2. The zero-order chi connectivity index (χ0) is 11.0. The molecule has 0 aliphatic heterocycles. The van der Waals surface area contributed by atoms with Gasteiger partial charge < -0.3 is 16.2 Å². The van der Waals surface area contributed by atoms with Crippen LogP contribution >= 0.6 is 0 Å². The van der Waals surface area contributed by atoms with Crippen molar-refractivity contribution in [1.29, 1.82) is 0 Å². The first-order valence-corrected chi connectivity index (χ1v) is 5.69. The molecule has 3 heteroatoms. The van der Waals surface area contributed by atoms with E-state index in [1.54, 1.807) is 0 Å². The van der Waals surface area contributed by atoms with E-state index in [2.05, 4.69) is 20.8 Å². The van der Waals surface area contributed by atoms with Gasteiger partial charge in [0.25, 0.3) is 0 Å². The lowest BCUT2D eigenvalue weighted by atomic mass is 10.0. The fourth-order valence-corrected chi connectivity index (χ4v) is 1.29. The quantitative estimate of drug-likeness (QED) is 0.627. The Morgan fingerprint density at radius 2 is 1.57 bits per heavy atom. The average molecular weight is 202 g/mol. The first kappa shape index (κ1) is 13.9. The van der Waals surface area contributed by atoms with Gasteiger partial charge in [0.15, 0.2) is 0 Å². The van der Waals surface area contributed by atoms with Crippen LogP contribution in [0, 0.1) is 5.92 Å². The number of nitrogens with two attached hydrogens (primary N) is 2. The molecule has 0 amide bonds. The minimum absolute atomic E-state index is 0.182. The van der Waals surface area contributed by atoms with Crippen molar-refractivity contribution in [3.63, 3.8) is 0 Å². The predicted molar refractivity (Wildman–Crippen MR) is 61.1 cm³/mol. The van der Waals surface area contributed by atoms with Crippen LogP contribution in [0.3, 0.4) is 0 Å². The van der Waals surface area contributed by atoms with Crippen LogP contribution in [0.5, 0.6) is 0 Å². The lowest BCUT2D eigenvalue weighted by Crippen LogP contribution is -2.28. The molecule has 0 heterocycles. The molecule has 0 saturated carbocycles. The van der Waals surface area contributed by atoms with Crippen molar-refractivity contribution >= 4 is 0 Å². The van der Waals surface area contributed by atoms with Gasteiger partial charge in [-0.2, -0.15) is 0 Å². The first-order chi connectivity index (χ1) is 6.60. The smallest absolute Gasteiger partial charge is 0.0617 e. The monoisotopic (exact) mass is 202 g/mol. The first-order valence-electron chi connectivity index (χ1n) is 5.69. The molecule has 3 nitrogen and oxygen atoms in total. The van der Waals surface area contributed by atoms with Gasteiger partial charge in [0, 0.05) is 18.7 Å². The second kappa shape index (κ2) is 8.21. The largest absolute Gasteiger partial charge is 0.380 e. The Morgan fingerprint density at radius 1 is 1.00 bits per heavy atom. The summed E-state index contributed by atoms with van der Waals surface area (Å²) in [5.74, 6) is 0.536. The van der Waals surface area contributed by atoms with Gasteiger partial charge in [-0.15, -0.1) is 0 Å². The van der Waals surface area contributed by atoms with Crippen LogP contribution < -0.4 is 11.5 Å². The standard InChI is InChI=1S/C11H26N2O/c1-4-10(12)6-9(3)7-14-8-11(13)5-2/h9-11H,4-8,12-13H2,1-3H3. The molecule has 0 aliphatic rings. The summed E-state index contributed by atoms with van der Waals surface area (Å²) in [6, 6.07) is 0.496. The molecule has 0 aromatic carbocycles. The lowest BCUT2D eigenvalue weighted by Gasteiger charge is -2.17. The molecule has 0 aliphatic carbocycles. The minimum Gasteiger partial charge on any atom is -0.380 e. The van der Waals surface area contributed by atoms with Crippen LogP contribution in [0.4, 0.5) is 0 Å². The van der Waals surface area contributed by atoms with E-state index in [1.165, 1.54) is 0 Å². The summed E-state index contributed by atoms with van der Waals surface area (Å²) in [7, 11) is 0. The molecule has 4 N–H and O–H groups in total. The van der Waals surface area contributed by atoms with Gasteiger partial charge in [-0.3, -0.25) is 0 Å². The van der Waals surface area contributed by atoms with Crippen LogP contribution in [0.2, 0.25) is 0 Å². The van der Waals surface area contributed by atoms with Crippen molar-refractivity contribution in [2.45, 2.75) is 52.1 Å². The second-order valence-electron chi connectivity index (χ2n) is 4.21. The molecule has 0 aromatic heterocycles. The van der Waals surface area contributed by atoms with E-state index in [1.807, 2.05) is 0 Å². The van der Waals surface area contributed by atoms with Crippen LogP contribution in [-0.2, 0) is 4.74 Å². The van der Waals surface area contributed by atoms with E-state index in [4.69, 9.17) is 16.2 Å². The van der Waals surface area contributed by atoms with Gasteiger partial charge in [0.05, 0.1) is 6.61 Å². The van der Waals surface area contributed by atoms with Crippen molar-refractivity contribution in [2.75, 3.05) is 13.2 Å². The maximum absolute atomic E-state index is 5.85. The predicted octanol–water partition coefficient (Wildman–Crippen LogP) is 1.50. The van der Waals surface area contributed by atoms with Gasteiger partial charge in [0.1, 0.15) is 0 Å². The molecule has 14 heavy (non-hydrogen) atoms. The summed E-state index contributed by atoms with van der Waals surface area (Å²) >= 11 is 0. The molecule has 3 unspecified atom stereocenters. The SMILES string of the molecule is CCC(N)COCC(C)CC(N)CC. The number of rotatable bonds is 8. The summed E-state index contributed by atoms with van der Waals surface area (Å²) in [5, 5.41) is 0. The molecular weight excluding hydrogens is 176 g/mol. The third-order valence-corrected chi connectivity index (χ3v) is 2.49. The van der Waals surface area contributed by atoms with Crippen molar-refractivity contribution < 1.29 is 4.74 Å². The molecule has 0 radical (unpaired) electrons. The van der Waals surface area contributed by atoms with Gasteiger partial charge in [0.2, 0.25) is 0 Å². The second-order valence-corrected chi connectivity index (χ2v) is 4.21. The molecule has 0 saturated heterocycles. The van der Waals surface area contributed by atoms with E-state index in [0.29, 0.717) is 18.6 Å². The maximum atomic E-state index is 5.85. The summed E-state index contributed by atoms with van der Waals surface area (Å²) in [5.41, 5.74) is 11.6. The Morgan fingerprint density at radius 3 is 2.07 bits per heavy atom. The average Bonchev–Trinajstić information content (AvgIpc) is 2.17. The van der Waals surface area contributed by atoms with E-state index in [0.717, 1.165) is 25.9 Å². The highest BCUT2D eigenvalue weighted by atomic mass is 16.5. The van der Waals surface area contributed by atoms with Crippen molar-refractivity contribution in [1.82, 2.24) is 0 Å². The van der Waals surface area contributed by atoms with Gasteiger partial charge in [-0.05, 0) is 25.2 Å². The fraction of sp³-hybridized carbons (Fsp3) is 1.00. The summed E-state index contributed by atoms with van der Waals surface area (Å²) in [6.07, 6.45) is 3.06. The van der Waals surface area contributed by atoms with Gasteiger partial charge in [-0.25, -0.2) is 0 Å². The Labute approximate surface area is 88.2 Å².